The molecule has 0 aromatic carbocycles. The fourth-order valence-electron chi connectivity index (χ4n) is 1.37. The maximum Gasteiger partial charge on any atom is 0.317 e. The van der Waals surface area contributed by atoms with Gasteiger partial charge in [0.1, 0.15) is 0 Å². The summed E-state index contributed by atoms with van der Waals surface area (Å²) in [5, 5.41) is 17.3. The van der Waals surface area contributed by atoms with E-state index in [0.717, 1.165) is 5.56 Å². The van der Waals surface area contributed by atoms with Crippen molar-refractivity contribution >= 4 is 11.9 Å². The first kappa shape index (κ1) is 13.1. The van der Waals surface area contributed by atoms with Crippen LogP contribution >= 0.6 is 0 Å². The molecule has 6 heteroatoms. The zero-order valence-corrected chi connectivity index (χ0v) is 9.46. The molecule has 0 radical (unpaired) electrons. The molecular formula is C11H14N2O4. The Morgan fingerprint density at radius 3 is 2.24 bits per heavy atom. The zero-order valence-electron chi connectivity index (χ0n) is 9.46. The van der Waals surface area contributed by atoms with Gasteiger partial charge in [-0.3, -0.25) is 19.5 Å². The van der Waals surface area contributed by atoms with Crippen LogP contribution in [0.2, 0.25) is 0 Å². The Labute approximate surface area is 98.5 Å². The third-order valence-corrected chi connectivity index (χ3v) is 2.08. The fourth-order valence-corrected chi connectivity index (χ4v) is 1.37. The largest absolute Gasteiger partial charge is 0.480 e. The Morgan fingerprint density at radius 2 is 1.82 bits per heavy atom. The van der Waals surface area contributed by atoms with E-state index in [1.165, 1.54) is 4.90 Å². The lowest BCUT2D eigenvalue weighted by Gasteiger charge is -2.17. The Morgan fingerprint density at radius 1 is 1.24 bits per heavy atom. The molecule has 0 atom stereocenters. The predicted molar refractivity (Wildman–Crippen MR) is 59.5 cm³/mol. The van der Waals surface area contributed by atoms with Crippen LogP contribution in [0.5, 0.6) is 0 Å². The highest BCUT2D eigenvalue weighted by Gasteiger charge is 2.14. The summed E-state index contributed by atoms with van der Waals surface area (Å²) < 4.78 is 0. The Hall–Kier alpha value is -1.95. The topological polar surface area (TPSA) is 90.7 Å². The van der Waals surface area contributed by atoms with Crippen LogP contribution in [0.15, 0.2) is 18.3 Å². The standard InChI is InChI=1S/C11H14N2O4/c1-8-2-3-9(12-4-8)5-13(6-10(14)15)7-11(16)17/h2-4H,5-7H2,1H3,(H,14,15)(H,16,17). The minimum atomic E-state index is -1.06. The highest BCUT2D eigenvalue weighted by atomic mass is 16.4. The van der Waals surface area contributed by atoms with Crippen LogP contribution in [-0.2, 0) is 16.1 Å². The van der Waals surface area contributed by atoms with Crippen molar-refractivity contribution in [1.29, 1.82) is 0 Å². The molecule has 1 aromatic rings. The summed E-state index contributed by atoms with van der Waals surface area (Å²) in [7, 11) is 0. The molecule has 17 heavy (non-hydrogen) atoms. The molecular weight excluding hydrogens is 224 g/mol. The quantitative estimate of drug-likeness (QED) is 0.743. The zero-order chi connectivity index (χ0) is 12.8. The Kier molecular flexibility index (Phi) is 4.59. The second-order valence-corrected chi connectivity index (χ2v) is 3.76. The molecule has 0 spiro atoms. The minimum absolute atomic E-state index is 0.207. The van der Waals surface area contributed by atoms with Gasteiger partial charge >= 0.3 is 11.9 Å². The summed E-state index contributed by atoms with van der Waals surface area (Å²) >= 11 is 0. The number of aromatic nitrogens is 1. The van der Waals surface area contributed by atoms with Gasteiger partial charge in [-0.15, -0.1) is 0 Å². The number of hydrogen-bond donors (Lipinski definition) is 2. The maximum absolute atomic E-state index is 10.6. The summed E-state index contributed by atoms with van der Waals surface area (Å²) in [5.41, 5.74) is 1.65. The van der Waals surface area contributed by atoms with Crippen molar-refractivity contribution in [1.82, 2.24) is 9.88 Å². The number of carboxylic acids is 2. The molecule has 1 heterocycles. The number of nitrogens with zero attached hydrogens (tertiary/aromatic N) is 2. The van der Waals surface area contributed by atoms with Crippen molar-refractivity contribution in [2.45, 2.75) is 13.5 Å². The summed E-state index contributed by atoms with van der Waals surface area (Å²) in [6.07, 6.45) is 1.66. The van der Waals surface area contributed by atoms with Crippen LogP contribution in [-0.4, -0.2) is 45.1 Å². The lowest BCUT2D eigenvalue weighted by atomic mass is 10.2. The summed E-state index contributed by atoms with van der Waals surface area (Å²) in [6.45, 7) is 1.46. The number of carbonyl (C=O) groups is 2. The molecule has 0 aliphatic rings. The highest BCUT2D eigenvalue weighted by molar-refractivity contribution is 5.72. The normalized spacial score (nSPS) is 10.5. The monoisotopic (exact) mass is 238 g/mol. The van der Waals surface area contributed by atoms with Gasteiger partial charge in [0, 0.05) is 12.7 Å². The molecule has 6 nitrogen and oxygen atoms in total. The van der Waals surface area contributed by atoms with Crippen LogP contribution in [0, 0.1) is 6.92 Å². The molecule has 2 N–H and O–H groups in total. The predicted octanol–water partition coefficient (Wildman–Crippen LogP) is 0.361. The van der Waals surface area contributed by atoms with Gasteiger partial charge in [0.15, 0.2) is 0 Å². The third-order valence-electron chi connectivity index (χ3n) is 2.08. The fraction of sp³-hybridized carbons (Fsp3) is 0.364. The van der Waals surface area contributed by atoms with Crippen molar-refractivity contribution in [3.05, 3.63) is 29.6 Å². The molecule has 0 unspecified atom stereocenters. The number of rotatable bonds is 6. The van der Waals surface area contributed by atoms with Gasteiger partial charge in [-0.05, 0) is 18.6 Å². The number of carboxylic acid groups (broad SMARTS) is 2. The minimum Gasteiger partial charge on any atom is -0.480 e. The lowest BCUT2D eigenvalue weighted by Crippen LogP contribution is -2.34. The number of hydrogen-bond acceptors (Lipinski definition) is 4. The molecule has 1 aromatic heterocycles. The first-order chi connectivity index (χ1) is 7.97. The molecule has 0 saturated carbocycles. The molecule has 0 saturated heterocycles. The van der Waals surface area contributed by atoms with Gasteiger partial charge in [0.05, 0.1) is 18.8 Å². The van der Waals surface area contributed by atoms with Crippen molar-refractivity contribution in [3.8, 4) is 0 Å². The van der Waals surface area contributed by atoms with Crippen molar-refractivity contribution in [2.24, 2.45) is 0 Å². The molecule has 0 fully saturated rings. The van der Waals surface area contributed by atoms with Gasteiger partial charge in [0.2, 0.25) is 0 Å². The van der Waals surface area contributed by atoms with Gasteiger partial charge < -0.3 is 10.2 Å². The van der Waals surface area contributed by atoms with E-state index in [0.29, 0.717) is 5.69 Å². The molecule has 0 aliphatic carbocycles. The lowest BCUT2D eigenvalue weighted by molar-refractivity contribution is -0.142. The Balaban J connectivity index is 2.67. The molecule has 0 amide bonds. The molecule has 92 valence electrons. The van der Waals surface area contributed by atoms with Crippen LogP contribution in [0.1, 0.15) is 11.3 Å². The van der Waals surface area contributed by atoms with E-state index in [1.54, 1.807) is 12.3 Å². The number of pyridine rings is 1. The van der Waals surface area contributed by atoms with Crippen molar-refractivity contribution < 1.29 is 19.8 Å². The van der Waals surface area contributed by atoms with Crippen LogP contribution in [0.4, 0.5) is 0 Å². The summed E-state index contributed by atoms with van der Waals surface area (Å²) in [5.74, 6) is -2.11. The van der Waals surface area contributed by atoms with Gasteiger partial charge in [-0.25, -0.2) is 0 Å². The average molecular weight is 238 g/mol. The SMILES string of the molecule is Cc1ccc(CN(CC(=O)O)CC(=O)O)nc1. The first-order valence-corrected chi connectivity index (χ1v) is 5.05. The van der Waals surface area contributed by atoms with E-state index in [2.05, 4.69) is 4.98 Å². The maximum atomic E-state index is 10.6. The van der Waals surface area contributed by atoms with E-state index in [4.69, 9.17) is 10.2 Å². The second kappa shape index (κ2) is 5.95. The van der Waals surface area contributed by atoms with Gasteiger partial charge in [-0.1, -0.05) is 6.07 Å². The van der Waals surface area contributed by atoms with E-state index in [1.807, 2.05) is 13.0 Å². The number of aryl methyl sites for hydroxylation is 1. The van der Waals surface area contributed by atoms with Crippen LogP contribution < -0.4 is 0 Å². The van der Waals surface area contributed by atoms with Crippen molar-refractivity contribution in [3.63, 3.8) is 0 Å². The van der Waals surface area contributed by atoms with Crippen LogP contribution in [0.25, 0.3) is 0 Å². The molecule has 0 aliphatic heterocycles. The number of aliphatic carboxylic acids is 2. The second-order valence-electron chi connectivity index (χ2n) is 3.76. The summed E-state index contributed by atoms with van der Waals surface area (Å²) in [4.78, 5) is 26.6. The van der Waals surface area contributed by atoms with E-state index in [9.17, 15) is 9.59 Å². The van der Waals surface area contributed by atoms with E-state index in [-0.39, 0.29) is 19.6 Å². The third kappa shape index (κ3) is 5.07. The van der Waals surface area contributed by atoms with E-state index >= 15 is 0 Å². The summed E-state index contributed by atoms with van der Waals surface area (Å²) in [6, 6.07) is 3.61. The smallest absolute Gasteiger partial charge is 0.317 e. The first-order valence-electron chi connectivity index (χ1n) is 5.05. The van der Waals surface area contributed by atoms with Crippen LogP contribution in [0.3, 0.4) is 0 Å². The molecule has 0 bridgehead atoms. The highest BCUT2D eigenvalue weighted by Crippen LogP contribution is 2.03. The van der Waals surface area contributed by atoms with Gasteiger partial charge in [-0.2, -0.15) is 0 Å². The van der Waals surface area contributed by atoms with Crippen molar-refractivity contribution in [2.75, 3.05) is 13.1 Å². The Bertz CT molecular complexity index is 386. The average Bonchev–Trinajstić information content (AvgIpc) is 2.19. The molecule has 1 rings (SSSR count). The van der Waals surface area contributed by atoms with E-state index < -0.39 is 11.9 Å². The van der Waals surface area contributed by atoms with Gasteiger partial charge in [0.25, 0.3) is 0 Å².